The summed E-state index contributed by atoms with van der Waals surface area (Å²) in [6.45, 7) is 0.653. The molecular formula is C23H22ClNOS. The van der Waals surface area contributed by atoms with Crippen molar-refractivity contribution in [1.29, 1.82) is 0 Å². The highest BCUT2D eigenvalue weighted by atomic mass is 35.5. The largest absolute Gasteiger partial charge is 0.355 e. The molecule has 0 aliphatic rings. The van der Waals surface area contributed by atoms with E-state index in [4.69, 9.17) is 11.6 Å². The third-order valence-corrected chi connectivity index (χ3v) is 5.79. The zero-order valence-corrected chi connectivity index (χ0v) is 16.5. The van der Waals surface area contributed by atoms with E-state index in [1.807, 2.05) is 60.7 Å². The Morgan fingerprint density at radius 2 is 1.44 bits per heavy atom. The van der Waals surface area contributed by atoms with Crippen molar-refractivity contribution in [3.05, 3.63) is 107 Å². The summed E-state index contributed by atoms with van der Waals surface area (Å²) in [7, 11) is 0. The van der Waals surface area contributed by atoms with Crippen molar-refractivity contribution in [2.75, 3.05) is 12.3 Å². The molecular weight excluding hydrogens is 374 g/mol. The molecule has 1 amide bonds. The summed E-state index contributed by atoms with van der Waals surface area (Å²) in [5, 5.41) is 3.83. The highest BCUT2D eigenvalue weighted by Gasteiger charge is 2.16. The summed E-state index contributed by atoms with van der Waals surface area (Å²) in [6, 6.07) is 28.3. The van der Waals surface area contributed by atoms with Gasteiger partial charge in [-0.1, -0.05) is 84.4 Å². The molecule has 3 aromatic carbocycles. The fourth-order valence-electron chi connectivity index (χ4n) is 2.85. The highest BCUT2D eigenvalue weighted by Crippen LogP contribution is 2.35. The second-order valence-electron chi connectivity index (χ2n) is 6.24. The van der Waals surface area contributed by atoms with E-state index < -0.39 is 0 Å². The molecule has 0 aliphatic heterocycles. The Labute approximate surface area is 170 Å². The summed E-state index contributed by atoms with van der Waals surface area (Å²) in [6.07, 6.45) is 0.844. The van der Waals surface area contributed by atoms with E-state index in [1.54, 1.807) is 11.8 Å². The molecule has 138 valence electrons. The van der Waals surface area contributed by atoms with E-state index in [0.717, 1.165) is 12.0 Å². The number of rotatable bonds is 8. The van der Waals surface area contributed by atoms with Gasteiger partial charge in [-0.25, -0.2) is 0 Å². The van der Waals surface area contributed by atoms with Crippen molar-refractivity contribution >= 4 is 29.3 Å². The number of amides is 1. The highest BCUT2D eigenvalue weighted by molar-refractivity contribution is 8.00. The van der Waals surface area contributed by atoms with Gasteiger partial charge in [-0.15, -0.1) is 11.8 Å². The molecule has 0 saturated heterocycles. The number of carbonyl (C=O) groups excluding carboxylic acids is 1. The number of hydrogen-bond acceptors (Lipinski definition) is 2. The smallest absolute Gasteiger partial charge is 0.230 e. The average Bonchev–Trinajstić information content (AvgIpc) is 2.71. The number of carbonyl (C=O) groups is 1. The minimum Gasteiger partial charge on any atom is -0.355 e. The minimum absolute atomic E-state index is 0.0609. The van der Waals surface area contributed by atoms with Crippen LogP contribution in [-0.2, 0) is 11.2 Å². The van der Waals surface area contributed by atoms with Gasteiger partial charge in [0.15, 0.2) is 0 Å². The molecule has 1 atom stereocenters. The summed E-state index contributed by atoms with van der Waals surface area (Å²) >= 11 is 7.66. The molecule has 0 unspecified atom stereocenters. The fraction of sp³-hybridized carbons (Fsp3) is 0.174. The van der Waals surface area contributed by atoms with Crippen molar-refractivity contribution < 1.29 is 4.79 Å². The molecule has 0 fully saturated rings. The lowest BCUT2D eigenvalue weighted by molar-refractivity contribution is -0.118. The summed E-state index contributed by atoms with van der Waals surface area (Å²) in [4.78, 5) is 12.3. The molecule has 1 N–H and O–H groups in total. The quantitative estimate of drug-likeness (QED) is 0.544. The first kappa shape index (κ1) is 19.5. The minimum atomic E-state index is 0.0609. The van der Waals surface area contributed by atoms with Gasteiger partial charge in [-0.2, -0.15) is 0 Å². The van der Waals surface area contributed by atoms with Crippen molar-refractivity contribution in [3.63, 3.8) is 0 Å². The van der Waals surface area contributed by atoms with Gasteiger partial charge in [0, 0.05) is 11.6 Å². The predicted octanol–water partition coefficient (Wildman–Crippen LogP) is 5.52. The molecule has 0 aromatic heterocycles. The molecule has 4 heteroatoms. The maximum Gasteiger partial charge on any atom is 0.230 e. The van der Waals surface area contributed by atoms with Crippen LogP contribution in [0.5, 0.6) is 0 Å². The third kappa shape index (κ3) is 6.16. The van der Waals surface area contributed by atoms with Gasteiger partial charge in [-0.3, -0.25) is 4.79 Å². The molecule has 0 radical (unpaired) electrons. The van der Waals surface area contributed by atoms with Crippen LogP contribution in [0.15, 0.2) is 84.9 Å². The van der Waals surface area contributed by atoms with Crippen LogP contribution in [0.25, 0.3) is 0 Å². The molecule has 0 aliphatic carbocycles. The van der Waals surface area contributed by atoms with E-state index in [1.165, 1.54) is 11.1 Å². The lowest BCUT2D eigenvalue weighted by Gasteiger charge is -2.18. The Morgan fingerprint density at radius 3 is 2.11 bits per heavy atom. The maximum atomic E-state index is 12.3. The van der Waals surface area contributed by atoms with Crippen LogP contribution in [-0.4, -0.2) is 18.2 Å². The molecule has 2 nitrogen and oxygen atoms in total. The monoisotopic (exact) mass is 395 g/mol. The van der Waals surface area contributed by atoms with Crippen LogP contribution in [0.3, 0.4) is 0 Å². The van der Waals surface area contributed by atoms with Crippen LogP contribution in [0.2, 0.25) is 5.02 Å². The van der Waals surface area contributed by atoms with Crippen molar-refractivity contribution in [3.8, 4) is 0 Å². The van der Waals surface area contributed by atoms with Crippen LogP contribution in [0.4, 0.5) is 0 Å². The molecule has 3 rings (SSSR count). The average molecular weight is 396 g/mol. The van der Waals surface area contributed by atoms with E-state index in [2.05, 4.69) is 29.6 Å². The predicted molar refractivity (Wildman–Crippen MR) is 115 cm³/mol. The number of hydrogen-bond donors (Lipinski definition) is 1. The molecule has 0 spiro atoms. The first-order valence-electron chi connectivity index (χ1n) is 8.95. The Kier molecular flexibility index (Phi) is 7.37. The van der Waals surface area contributed by atoms with E-state index in [9.17, 15) is 4.79 Å². The normalized spacial score (nSPS) is 11.7. The van der Waals surface area contributed by atoms with Gasteiger partial charge < -0.3 is 5.32 Å². The summed E-state index contributed by atoms with van der Waals surface area (Å²) in [5.74, 6) is 0.475. The maximum absolute atomic E-state index is 12.3. The Balaban J connectivity index is 1.57. The molecule has 0 heterocycles. The molecule has 0 bridgehead atoms. The van der Waals surface area contributed by atoms with Gasteiger partial charge in [0.05, 0.1) is 11.0 Å². The number of halogens is 1. The van der Waals surface area contributed by atoms with E-state index >= 15 is 0 Å². The van der Waals surface area contributed by atoms with Gasteiger partial charge in [0.25, 0.3) is 0 Å². The lowest BCUT2D eigenvalue weighted by Crippen LogP contribution is -2.27. The first-order valence-corrected chi connectivity index (χ1v) is 10.4. The fourth-order valence-corrected chi connectivity index (χ4v) is 4.10. The van der Waals surface area contributed by atoms with Crippen molar-refractivity contribution in [2.24, 2.45) is 0 Å². The van der Waals surface area contributed by atoms with Crippen molar-refractivity contribution in [1.82, 2.24) is 5.32 Å². The zero-order valence-electron chi connectivity index (χ0n) is 15.0. The second-order valence-corrected chi connectivity index (χ2v) is 7.77. The Morgan fingerprint density at radius 1 is 0.852 bits per heavy atom. The topological polar surface area (TPSA) is 29.1 Å². The molecule has 3 aromatic rings. The van der Waals surface area contributed by atoms with Gasteiger partial charge in [-0.05, 0) is 35.2 Å². The molecule has 27 heavy (non-hydrogen) atoms. The van der Waals surface area contributed by atoms with Gasteiger partial charge >= 0.3 is 0 Å². The number of nitrogens with one attached hydrogen (secondary N) is 1. The van der Waals surface area contributed by atoms with Crippen molar-refractivity contribution in [2.45, 2.75) is 11.7 Å². The van der Waals surface area contributed by atoms with Crippen LogP contribution in [0, 0.1) is 0 Å². The standard InChI is InChI=1S/C23H22ClNOS/c24-21-13-11-20(12-14-21)23(19-9-5-2-6-10-19)27-17-22(26)25-16-15-18-7-3-1-4-8-18/h1-14,23H,15-17H2,(H,25,26)/t23-/m0/s1. The lowest BCUT2D eigenvalue weighted by atomic mass is 10.0. The SMILES string of the molecule is O=C(CS[C@@H](c1ccccc1)c1ccc(Cl)cc1)NCCc1ccccc1. The summed E-state index contributed by atoms with van der Waals surface area (Å²) in [5.41, 5.74) is 3.56. The van der Waals surface area contributed by atoms with Crippen LogP contribution < -0.4 is 5.32 Å². The summed E-state index contributed by atoms with van der Waals surface area (Å²) < 4.78 is 0. The van der Waals surface area contributed by atoms with Crippen LogP contribution >= 0.6 is 23.4 Å². The third-order valence-electron chi connectivity index (χ3n) is 4.23. The van der Waals surface area contributed by atoms with E-state index in [0.29, 0.717) is 17.3 Å². The Bertz CT molecular complexity index is 837. The van der Waals surface area contributed by atoms with Gasteiger partial charge in [0.2, 0.25) is 5.91 Å². The Hall–Kier alpha value is -2.23. The van der Waals surface area contributed by atoms with Gasteiger partial charge in [0.1, 0.15) is 0 Å². The molecule has 0 saturated carbocycles. The second kappa shape index (κ2) is 10.2. The number of thioether (sulfide) groups is 1. The first-order chi connectivity index (χ1) is 13.2. The van der Waals surface area contributed by atoms with Crippen LogP contribution in [0.1, 0.15) is 21.9 Å². The zero-order chi connectivity index (χ0) is 18.9. The number of benzene rings is 3. The van der Waals surface area contributed by atoms with E-state index in [-0.39, 0.29) is 11.2 Å².